The maximum atomic E-state index is 12.0. The summed E-state index contributed by atoms with van der Waals surface area (Å²) < 4.78 is 32.0. The fourth-order valence-corrected chi connectivity index (χ4v) is 3.93. The molecule has 25 heavy (non-hydrogen) atoms. The molecule has 0 amide bonds. The molecule has 0 aromatic heterocycles. The van der Waals surface area contributed by atoms with Crippen LogP contribution in [0.15, 0.2) is 12.7 Å². The maximum Gasteiger partial charge on any atom is 0.331 e. The lowest BCUT2D eigenvalue weighted by atomic mass is 9.86. The van der Waals surface area contributed by atoms with Crippen LogP contribution in [0.5, 0.6) is 0 Å². The summed E-state index contributed by atoms with van der Waals surface area (Å²) in [6, 6.07) is 0. The monoisotopic (exact) mass is 378 g/mol. The predicted octanol–water partition coefficient (Wildman–Crippen LogP) is 1.91. The predicted molar refractivity (Wildman–Crippen MR) is 90.0 cm³/mol. The molecule has 1 N–H and O–H groups in total. The van der Waals surface area contributed by atoms with E-state index in [1.54, 1.807) is 6.92 Å². The number of hydrogen-bond donors (Lipinski definition) is 1. The molecule has 4 atom stereocenters. The number of ether oxygens (including phenoxy) is 2. The summed E-state index contributed by atoms with van der Waals surface area (Å²) in [6.45, 7) is 5.05. The summed E-state index contributed by atoms with van der Waals surface area (Å²) in [6.07, 6.45) is 1.13. The first kappa shape index (κ1) is 21.8. The minimum absolute atomic E-state index is 0.0264. The van der Waals surface area contributed by atoms with E-state index < -0.39 is 37.7 Å². The summed E-state index contributed by atoms with van der Waals surface area (Å²) in [5, 5.41) is 10.1. The van der Waals surface area contributed by atoms with Gasteiger partial charge in [-0.1, -0.05) is 13.5 Å². The fraction of sp³-hybridized carbons (Fsp3) is 0.750. The largest absolute Gasteiger partial charge is 0.465 e. The van der Waals surface area contributed by atoms with Gasteiger partial charge in [-0.2, -0.15) is 0 Å². The van der Waals surface area contributed by atoms with Gasteiger partial charge in [0.1, 0.15) is 6.10 Å². The van der Waals surface area contributed by atoms with Gasteiger partial charge >= 0.3 is 19.5 Å². The molecule has 4 unspecified atom stereocenters. The normalized spacial score (nSPS) is 25.0. The van der Waals surface area contributed by atoms with E-state index in [0.717, 1.165) is 6.08 Å². The second-order valence-corrected chi connectivity index (χ2v) is 8.43. The smallest absolute Gasteiger partial charge is 0.331 e. The number of rotatable bonds is 9. The highest BCUT2D eigenvalue weighted by Crippen LogP contribution is 2.48. The van der Waals surface area contributed by atoms with Crippen LogP contribution in [0.25, 0.3) is 0 Å². The van der Waals surface area contributed by atoms with Gasteiger partial charge in [0.2, 0.25) is 0 Å². The van der Waals surface area contributed by atoms with E-state index in [4.69, 9.17) is 18.5 Å². The molecule has 144 valence electrons. The number of esters is 2. The molecular weight excluding hydrogens is 351 g/mol. The van der Waals surface area contributed by atoms with Crippen molar-refractivity contribution in [3.63, 3.8) is 0 Å². The average molecular weight is 378 g/mol. The minimum atomic E-state index is -3.28. The third kappa shape index (κ3) is 6.90. The third-order valence-electron chi connectivity index (χ3n) is 4.22. The zero-order chi connectivity index (χ0) is 19.0. The second-order valence-electron chi connectivity index (χ2n) is 6.12. The van der Waals surface area contributed by atoms with Crippen LogP contribution in [-0.2, 0) is 32.7 Å². The van der Waals surface area contributed by atoms with Gasteiger partial charge in [-0.25, -0.2) is 4.79 Å². The van der Waals surface area contributed by atoms with E-state index in [0.29, 0.717) is 19.3 Å². The highest BCUT2D eigenvalue weighted by Gasteiger charge is 2.33. The van der Waals surface area contributed by atoms with Crippen LogP contribution in [0.4, 0.5) is 0 Å². The molecular formula is C16H27O8P. The van der Waals surface area contributed by atoms with Crippen molar-refractivity contribution in [3.8, 4) is 0 Å². The summed E-state index contributed by atoms with van der Waals surface area (Å²) >= 11 is 0. The Labute approximate surface area is 148 Å². The highest BCUT2D eigenvalue weighted by molar-refractivity contribution is 7.53. The second kappa shape index (κ2) is 10.1. The Morgan fingerprint density at radius 2 is 1.96 bits per heavy atom. The summed E-state index contributed by atoms with van der Waals surface area (Å²) in [4.78, 5) is 23.2. The van der Waals surface area contributed by atoms with Crippen molar-refractivity contribution in [1.82, 2.24) is 0 Å². The van der Waals surface area contributed by atoms with E-state index in [9.17, 15) is 19.3 Å². The molecule has 0 aliphatic heterocycles. The molecule has 0 spiro atoms. The third-order valence-corrected chi connectivity index (χ3v) is 6.32. The van der Waals surface area contributed by atoms with E-state index >= 15 is 0 Å². The molecule has 1 rings (SSSR count). The summed E-state index contributed by atoms with van der Waals surface area (Å²) in [5.41, 5.74) is 0. The fourth-order valence-electron chi connectivity index (χ4n) is 2.67. The number of aliphatic hydroxyl groups excluding tert-OH is 1. The van der Waals surface area contributed by atoms with Crippen LogP contribution in [0, 0.1) is 11.8 Å². The van der Waals surface area contributed by atoms with Gasteiger partial charge < -0.3 is 23.6 Å². The molecule has 0 aromatic carbocycles. The number of carbonyl (C=O) groups is 2. The van der Waals surface area contributed by atoms with Crippen molar-refractivity contribution in [1.29, 1.82) is 0 Å². The van der Waals surface area contributed by atoms with Gasteiger partial charge in [0, 0.05) is 20.3 Å². The van der Waals surface area contributed by atoms with Gasteiger partial charge in [0.25, 0.3) is 0 Å². The van der Waals surface area contributed by atoms with Gasteiger partial charge in [-0.3, -0.25) is 9.36 Å². The van der Waals surface area contributed by atoms with Crippen LogP contribution in [0.3, 0.4) is 0 Å². The van der Waals surface area contributed by atoms with E-state index in [-0.39, 0.29) is 18.7 Å². The highest BCUT2D eigenvalue weighted by atomic mass is 31.2. The van der Waals surface area contributed by atoms with Crippen LogP contribution < -0.4 is 0 Å². The number of carbonyl (C=O) groups excluding carboxylic acids is 2. The molecule has 1 fully saturated rings. The minimum Gasteiger partial charge on any atom is -0.465 e. The number of aliphatic hydroxyl groups is 1. The topological polar surface area (TPSA) is 108 Å². The molecule has 1 aliphatic carbocycles. The van der Waals surface area contributed by atoms with E-state index in [1.807, 2.05) is 0 Å². The lowest BCUT2D eigenvalue weighted by Gasteiger charge is -2.32. The van der Waals surface area contributed by atoms with Gasteiger partial charge in [0.05, 0.1) is 24.8 Å². The van der Waals surface area contributed by atoms with E-state index in [2.05, 4.69) is 6.58 Å². The summed E-state index contributed by atoms with van der Waals surface area (Å²) in [5.74, 6) is -1.73. The lowest BCUT2D eigenvalue weighted by molar-refractivity contribution is -0.155. The van der Waals surface area contributed by atoms with Crippen molar-refractivity contribution >= 4 is 19.5 Å². The molecule has 0 aromatic rings. The maximum absolute atomic E-state index is 12.0. The Morgan fingerprint density at radius 3 is 2.48 bits per heavy atom. The average Bonchev–Trinajstić information content (AvgIpc) is 2.61. The Morgan fingerprint density at radius 1 is 1.32 bits per heavy atom. The van der Waals surface area contributed by atoms with Gasteiger partial charge in [-0.05, 0) is 25.2 Å². The molecule has 0 bridgehead atoms. The van der Waals surface area contributed by atoms with Crippen LogP contribution in [-0.4, -0.2) is 56.2 Å². The van der Waals surface area contributed by atoms with Crippen molar-refractivity contribution in [2.24, 2.45) is 11.8 Å². The first-order chi connectivity index (χ1) is 11.7. The van der Waals surface area contributed by atoms with Crippen molar-refractivity contribution in [3.05, 3.63) is 12.7 Å². The first-order valence-electron chi connectivity index (χ1n) is 8.13. The molecule has 0 radical (unpaired) electrons. The zero-order valence-corrected chi connectivity index (χ0v) is 15.8. The standard InChI is InChI=1S/C16H27O8P/c1-5-15(18)24-14-7-6-12(8-13(14)17)9-23-16(19)11(2)10-25(20,21-3)22-4/h5,11-14,17H,1,6-10H2,2-4H3. The first-order valence-corrected chi connectivity index (χ1v) is 9.85. The lowest BCUT2D eigenvalue weighted by Crippen LogP contribution is -2.38. The van der Waals surface area contributed by atoms with Crippen molar-refractivity contribution in [2.75, 3.05) is 27.0 Å². The SMILES string of the molecule is C=CC(=O)OC1CCC(COC(=O)C(C)CP(=O)(OC)OC)CC1O. The van der Waals surface area contributed by atoms with Crippen molar-refractivity contribution < 1.29 is 37.8 Å². The Bertz CT molecular complexity index is 512. The van der Waals surface area contributed by atoms with Crippen LogP contribution in [0.2, 0.25) is 0 Å². The molecule has 1 aliphatic rings. The van der Waals surface area contributed by atoms with Crippen LogP contribution in [0.1, 0.15) is 26.2 Å². The Kier molecular flexibility index (Phi) is 8.79. The van der Waals surface area contributed by atoms with Crippen LogP contribution >= 0.6 is 7.60 Å². The Hall–Kier alpha value is -1.21. The Balaban J connectivity index is 2.41. The molecule has 9 heteroatoms. The number of hydrogen-bond acceptors (Lipinski definition) is 8. The molecule has 0 heterocycles. The van der Waals surface area contributed by atoms with Gasteiger partial charge in [-0.15, -0.1) is 0 Å². The van der Waals surface area contributed by atoms with Crippen molar-refractivity contribution in [2.45, 2.75) is 38.4 Å². The zero-order valence-electron chi connectivity index (χ0n) is 14.9. The van der Waals surface area contributed by atoms with Gasteiger partial charge in [0.15, 0.2) is 0 Å². The molecule has 1 saturated carbocycles. The molecule has 0 saturated heterocycles. The van der Waals surface area contributed by atoms with E-state index in [1.165, 1.54) is 14.2 Å². The summed E-state index contributed by atoms with van der Waals surface area (Å²) in [7, 11) is -0.749. The quantitative estimate of drug-likeness (QED) is 0.368. The molecule has 8 nitrogen and oxygen atoms in total.